The number of nitrogens with one attached hydrogen (secondary N) is 1. The van der Waals surface area contributed by atoms with Crippen molar-refractivity contribution in [2.45, 2.75) is 44.9 Å². The topological polar surface area (TPSA) is 66.5 Å². The van der Waals surface area contributed by atoms with Gasteiger partial charge in [0.1, 0.15) is 0 Å². The molecule has 0 radical (unpaired) electrons. The molecule has 32 heavy (non-hydrogen) atoms. The maximum atomic E-state index is 13.5. The van der Waals surface area contributed by atoms with Crippen LogP contribution in [0.15, 0.2) is 48.5 Å². The quantitative estimate of drug-likeness (QED) is 0.695. The van der Waals surface area contributed by atoms with Gasteiger partial charge in [0.2, 0.25) is 15.9 Å². The zero-order valence-electron chi connectivity index (χ0n) is 18.2. The van der Waals surface area contributed by atoms with Gasteiger partial charge in [-0.1, -0.05) is 56.3 Å². The molecule has 0 bridgehead atoms. The van der Waals surface area contributed by atoms with Crippen LogP contribution in [0, 0.1) is 5.92 Å². The van der Waals surface area contributed by atoms with Crippen molar-refractivity contribution in [1.82, 2.24) is 9.62 Å². The van der Waals surface area contributed by atoms with Gasteiger partial charge >= 0.3 is 6.18 Å². The lowest BCUT2D eigenvalue weighted by Gasteiger charge is -2.30. The summed E-state index contributed by atoms with van der Waals surface area (Å²) in [5.41, 5.74) is 0.511. The number of alkyl halides is 3. The zero-order valence-corrected chi connectivity index (χ0v) is 19.0. The maximum absolute atomic E-state index is 13.5. The molecule has 1 fully saturated rings. The normalized spacial score (nSPS) is 19.5. The number of sulfonamides is 1. The molecule has 2 atom stereocenters. The van der Waals surface area contributed by atoms with Gasteiger partial charge in [0.05, 0.1) is 17.9 Å². The summed E-state index contributed by atoms with van der Waals surface area (Å²) < 4.78 is 66.7. The predicted octanol–water partition coefficient (Wildman–Crippen LogP) is 4.09. The third-order valence-corrected chi connectivity index (χ3v) is 6.33. The van der Waals surface area contributed by atoms with Crippen LogP contribution in [0.4, 0.5) is 13.2 Å². The fourth-order valence-electron chi connectivity index (χ4n) is 4.21. The second kappa shape index (κ2) is 9.23. The average molecular weight is 469 g/mol. The van der Waals surface area contributed by atoms with Gasteiger partial charge < -0.3 is 4.90 Å². The molecule has 174 valence electrons. The summed E-state index contributed by atoms with van der Waals surface area (Å²) in [5.74, 6) is -0.328. The van der Waals surface area contributed by atoms with Crippen LogP contribution in [-0.4, -0.2) is 44.1 Å². The number of hydrogen-bond acceptors (Lipinski definition) is 3. The van der Waals surface area contributed by atoms with Crippen LogP contribution in [-0.2, 0) is 27.4 Å². The number of hydrogen-bond donors (Lipinski definition) is 1. The molecule has 0 aliphatic carbocycles. The highest BCUT2D eigenvalue weighted by molar-refractivity contribution is 7.88. The lowest BCUT2D eigenvalue weighted by atomic mass is 9.94. The molecule has 1 aliphatic rings. The molecule has 3 rings (SSSR count). The van der Waals surface area contributed by atoms with Gasteiger partial charge in [-0.3, -0.25) is 4.79 Å². The Morgan fingerprint density at radius 1 is 1.16 bits per heavy atom. The highest BCUT2D eigenvalue weighted by Crippen LogP contribution is 2.37. The molecule has 5 nitrogen and oxygen atoms in total. The monoisotopic (exact) mass is 468 g/mol. The summed E-state index contributed by atoms with van der Waals surface area (Å²) in [6.45, 7) is 3.99. The summed E-state index contributed by atoms with van der Waals surface area (Å²) in [6, 6.07) is 11.3. The fourth-order valence-corrected chi connectivity index (χ4v) is 5.04. The Hall–Kier alpha value is -2.39. The first-order valence-corrected chi connectivity index (χ1v) is 12.3. The molecule has 2 aromatic rings. The molecule has 0 saturated carbocycles. The van der Waals surface area contributed by atoms with Gasteiger partial charge in [0.25, 0.3) is 0 Å². The molecule has 1 heterocycles. The summed E-state index contributed by atoms with van der Waals surface area (Å²) in [6.07, 6.45) is -2.60. The van der Waals surface area contributed by atoms with Crippen molar-refractivity contribution < 1.29 is 26.4 Å². The van der Waals surface area contributed by atoms with E-state index in [9.17, 15) is 26.4 Å². The van der Waals surface area contributed by atoms with Gasteiger partial charge in [-0.25, -0.2) is 13.1 Å². The fraction of sp³-hybridized carbons (Fsp3) is 0.435. The van der Waals surface area contributed by atoms with Crippen LogP contribution in [0.5, 0.6) is 0 Å². The number of amides is 1. The van der Waals surface area contributed by atoms with E-state index in [0.29, 0.717) is 24.9 Å². The highest BCUT2D eigenvalue weighted by Gasteiger charge is 2.39. The largest absolute Gasteiger partial charge is 0.417 e. The molecule has 9 heteroatoms. The third-order valence-electron chi connectivity index (χ3n) is 5.60. The van der Waals surface area contributed by atoms with Crippen molar-refractivity contribution in [3.63, 3.8) is 0 Å². The Balaban J connectivity index is 1.95. The second-order valence-electron chi connectivity index (χ2n) is 8.49. The van der Waals surface area contributed by atoms with Crippen LogP contribution in [0.1, 0.15) is 31.4 Å². The molecule has 1 aliphatic heterocycles. The first-order chi connectivity index (χ1) is 14.9. The minimum absolute atomic E-state index is 0.0774. The summed E-state index contributed by atoms with van der Waals surface area (Å²) in [4.78, 5) is 14.4. The number of nitrogens with zero attached hydrogens (tertiary/aromatic N) is 1. The summed E-state index contributed by atoms with van der Waals surface area (Å²) in [7, 11) is -3.49. The zero-order chi connectivity index (χ0) is 23.7. The molecule has 1 amide bonds. The van der Waals surface area contributed by atoms with E-state index in [2.05, 4.69) is 4.72 Å². The Labute approximate surface area is 186 Å². The number of benzene rings is 2. The predicted molar refractivity (Wildman–Crippen MR) is 117 cm³/mol. The number of halogens is 3. The lowest BCUT2D eigenvalue weighted by molar-refractivity contribution is -0.137. The molecule has 0 spiro atoms. The SMILES string of the molecule is CC(C)C(=O)N1CCC(NS(C)(=O)=O)C1Cc1cccc(-c2ccccc2C(F)(F)F)c1. The van der Waals surface area contributed by atoms with E-state index in [-0.39, 0.29) is 17.4 Å². The van der Waals surface area contributed by atoms with E-state index < -0.39 is 33.8 Å². The molecular weight excluding hydrogens is 441 g/mol. The van der Waals surface area contributed by atoms with Crippen LogP contribution in [0.2, 0.25) is 0 Å². The minimum Gasteiger partial charge on any atom is -0.337 e. The van der Waals surface area contributed by atoms with E-state index in [1.54, 1.807) is 49.1 Å². The second-order valence-corrected chi connectivity index (χ2v) is 10.3. The number of likely N-dealkylation sites (tertiary alicyclic amines) is 1. The van der Waals surface area contributed by atoms with Crippen molar-refractivity contribution in [3.8, 4) is 11.1 Å². The summed E-state index contributed by atoms with van der Waals surface area (Å²) in [5, 5.41) is 0. The molecule has 2 unspecified atom stereocenters. The first-order valence-electron chi connectivity index (χ1n) is 10.4. The summed E-state index contributed by atoms with van der Waals surface area (Å²) >= 11 is 0. The van der Waals surface area contributed by atoms with Crippen LogP contribution >= 0.6 is 0 Å². The molecular formula is C23H27F3N2O3S. The van der Waals surface area contributed by atoms with Gasteiger partial charge in [0, 0.05) is 18.5 Å². The Morgan fingerprint density at radius 3 is 2.47 bits per heavy atom. The van der Waals surface area contributed by atoms with Crippen molar-refractivity contribution in [2.24, 2.45) is 5.92 Å². The van der Waals surface area contributed by atoms with Gasteiger partial charge in [-0.2, -0.15) is 13.2 Å². The Morgan fingerprint density at radius 2 is 1.84 bits per heavy atom. The van der Waals surface area contributed by atoms with Gasteiger partial charge in [0.15, 0.2) is 0 Å². The van der Waals surface area contributed by atoms with Crippen molar-refractivity contribution in [3.05, 3.63) is 59.7 Å². The van der Waals surface area contributed by atoms with E-state index in [1.165, 1.54) is 12.1 Å². The smallest absolute Gasteiger partial charge is 0.337 e. The lowest BCUT2D eigenvalue weighted by Crippen LogP contribution is -2.48. The molecule has 1 N–H and O–H groups in total. The van der Waals surface area contributed by atoms with E-state index in [1.807, 2.05) is 0 Å². The van der Waals surface area contributed by atoms with Crippen molar-refractivity contribution >= 4 is 15.9 Å². The van der Waals surface area contributed by atoms with Gasteiger partial charge in [-0.05, 0) is 35.6 Å². The van der Waals surface area contributed by atoms with Crippen LogP contribution in [0.3, 0.4) is 0 Å². The van der Waals surface area contributed by atoms with Crippen molar-refractivity contribution in [1.29, 1.82) is 0 Å². The number of carbonyl (C=O) groups is 1. The first kappa shape index (κ1) is 24.3. The number of rotatable bonds is 6. The standard InChI is InChI=1S/C23H27F3N2O3S/c1-15(2)22(29)28-12-11-20(27-32(3,30)31)21(28)14-16-7-6-8-17(13-16)18-9-4-5-10-19(18)23(24,25)26/h4-10,13,15,20-21,27H,11-12,14H2,1-3H3. The van der Waals surface area contributed by atoms with E-state index in [0.717, 1.165) is 17.9 Å². The minimum atomic E-state index is -4.48. The number of carbonyl (C=O) groups excluding carboxylic acids is 1. The van der Waals surface area contributed by atoms with E-state index >= 15 is 0 Å². The highest BCUT2D eigenvalue weighted by atomic mass is 32.2. The van der Waals surface area contributed by atoms with Crippen LogP contribution < -0.4 is 4.72 Å². The Kier molecular flexibility index (Phi) is 7.00. The van der Waals surface area contributed by atoms with Crippen molar-refractivity contribution in [2.75, 3.05) is 12.8 Å². The van der Waals surface area contributed by atoms with E-state index in [4.69, 9.17) is 0 Å². The molecule has 1 saturated heterocycles. The molecule has 2 aromatic carbocycles. The Bertz CT molecular complexity index is 1080. The third kappa shape index (κ3) is 5.69. The maximum Gasteiger partial charge on any atom is 0.417 e. The van der Waals surface area contributed by atoms with Gasteiger partial charge in [-0.15, -0.1) is 0 Å². The van der Waals surface area contributed by atoms with Crippen LogP contribution in [0.25, 0.3) is 11.1 Å². The average Bonchev–Trinajstić information content (AvgIpc) is 3.07. The molecule has 0 aromatic heterocycles.